The molecule has 9 nitrogen and oxygen atoms in total. The summed E-state index contributed by atoms with van der Waals surface area (Å²) in [6.07, 6.45) is 3.15. The van der Waals surface area contributed by atoms with Gasteiger partial charge in [-0.3, -0.25) is 24.3 Å². The fraction of sp³-hybridized carbons (Fsp3) is 0.214. The molecule has 0 radical (unpaired) electrons. The molecular formula is C28H25ClN2O7. The minimum atomic E-state index is -0.995. The van der Waals surface area contributed by atoms with Crippen molar-refractivity contribution >= 4 is 40.7 Å². The summed E-state index contributed by atoms with van der Waals surface area (Å²) in [5, 5.41) is 11.6. The van der Waals surface area contributed by atoms with Crippen molar-refractivity contribution in [3.63, 3.8) is 0 Å². The van der Waals surface area contributed by atoms with Crippen molar-refractivity contribution in [2.75, 3.05) is 25.7 Å². The van der Waals surface area contributed by atoms with E-state index in [1.54, 1.807) is 49.5 Å². The van der Waals surface area contributed by atoms with Gasteiger partial charge in [0, 0.05) is 24.1 Å². The molecule has 38 heavy (non-hydrogen) atoms. The molecule has 2 heterocycles. The molecule has 1 unspecified atom stereocenters. The van der Waals surface area contributed by atoms with Crippen molar-refractivity contribution < 1.29 is 33.7 Å². The maximum atomic E-state index is 13.4. The zero-order chi connectivity index (χ0) is 27.4. The van der Waals surface area contributed by atoms with Crippen LogP contribution in [0.5, 0.6) is 11.5 Å². The fourth-order valence-electron chi connectivity index (χ4n) is 4.30. The number of anilines is 1. The topological polar surface area (TPSA) is 115 Å². The van der Waals surface area contributed by atoms with E-state index in [9.17, 15) is 19.5 Å². The van der Waals surface area contributed by atoms with Gasteiger partial charge in [-0.05, 0) is 42.3 Å². The highest BCUT2D eigenvalue weighted by molar-refractivity contribution is 6.51. The lowest BCUT2D eigenvalue weighted by atomic mass is 9.95. The summed E-state index contributed by atoms with van der Waals surface area (Å²) in [5.74, 6) is -2.04. The van der Waals surface area contributed by atoms with Crippen LogP contribution in [0.4, 0.5) is 5.69 Å². The molecule has 0 saturated carbocycles. The minimum Gasteiger partial charge on any atom is -0.507 e. The molecule has 0 bridgehead atoms. The second-order valence-corrected chi connectivity index (χ2v) is 8.70. The zero-order valence-corrected chi connectivity index (χ0v) is 21.7. The molecule has 196 valence electrons. The number of rotatable bonds is 8. The predicted molar refractivity (Wildman–Crippen MR) is 140 cm³/mol. The van der Waals surface area contributed by atoms with Crippen molar-refractivity contribution in [1.82, 2.24) is 4.98 Å². The van der Waals surface area contributed by atoms with Crippen LogP contribution >= 0.6 is 11.6 Å². The average Bonchev–Trinajstić information content (AvgIpc) is 3.19. The van der Waals surface area contributed by atoms with E-state index in [0.29, 0.717) is 22.6 Å². The fourth-order valence-corrected chi connectivity index (χ4v) is 4.54. The van der Waals surface area contributed by atoms with E-state index in [1.807, 2.05) is 0 Å². The van der Waals surface area contributed by atoms with E-state index < -0.39 is 23.5 Å². The lowest BCUT2D eigenvalue weighted by Gasteiger charge is -2.25. The van der Waals surface area contributed by atoms with Gasteiger partial charge in [-0.25, -0.2) is 0 Å². The number of aromatic nitrogens is 1. The molecule has 1 aromatic heterocycles. The normalized spacial score (nSPS) is 16.4. The van der Waals surface area contributed by atoms with Gasteiger partial charge in [0.1, 0.15) is 17.3 Å². The first kappa shape index (κ1) is 26.7. The summed E-state index contributed by atoms with van der Waals surface area (Å²) in [5.41, 5.74) is 1.54. The van der Waals surface area contributed by atoms with Crippen molar-refractivity contribution in [3.8, 4) is 11.5 Å². The quantitative estimate of drug-likeness (QED) is 0.194. The SMILES string of the molecule is CCOC(=O)Cc1ccc(N2C(=O)C(=O)/C(=C(/O)c3cc(Cl)c(OC)cc3OC)C2c2cccnc2)cc1. The number of carbonyl (C=O) groups is 3. The van der Waals surface area contributed by atoms with Crippen LogP contribution in [0.15, 0.2) is 66.5 Å². The first-order valence-corrected chi connectivity index (χ1v) is 12.1. The number of nitrogens with zero attached hydrogens (tertiary/aromatic N) is 2. The van der Waals surface area contributed by atoms with E-state index >= 15 is 0 Å². The van der Waals surface area contributed by atoms with Crippen molar-refractivity contribution in [2.24, 2.45) is 0 Å². The minimum absolute atomic E-state index is 0.0665. The summed E-state index contributed by atoms with van der Waals surface area (Å²) >= 11 is 6.30. The van der Waals surface area contributed by atoms with Gasteiger partial charge in [0.05, 0.1) is 49.4 Å². The summed E-state index contributed by atoms with van der Waals surface area (Å²) in [7, 11) is 2.83. The Morgan fingerprint density at radius 3 is 2.39 bits per heavy atom. The molecule has 1 saturated heterocycles. The van der Waals surface area contributed by atoms with E-state index in [1.165, 1.54) is 37.4 Å². The molecule has 2 aromatic carbocycles. The zero-order valence-electron chi connectivity index (χ0n) is 20.9. The average molecular weight is 537 g/mol. The summed E-state index contributed by atoms with van der Waals surface area (Å²) in [6, 6.07) is 11.9. The Morgan fingerprint density at radius 1 is 1.08 bits per heavy atom. The largest absolute Gasteiger partial charge is 0.507 e. The smallest absolute Gasteiger partial charge is 0.310 e. The maximum absolute atomic E-state index is 13.4. The number of amides is 1. The number of hydrogen-bond acceptors (Lipinski definition) is 8. The molecule has 1 atom stereocenters. The number of methoxy groups -OCH3 is 2. The molecule has 4 rings (SSSR count). The van der Waals surface area contributed by atoms with Gasteiger partial charge < -0.3 is 19.3 Å². The molecule has 0 aliphatic carbocycles. The van der Waals surface area contributed by atoms with Crippen LogP contribution in [0.3, 0.4) is 0 Å². The molecule has 1 N–H and O–H groups in total. The Balaban J connectivity index is 1.85. The number of halogens is 1. The van der Waals surface area contributed by atoms with Crippen molar-refractivity contribution in [1.29, 1.82) is 0 Å². The lowest BCUT2D eigenvalue weighted by Crippen LogP contribution is -2.29. The highest BCUT2D eigenvalue weighted by Crippen LogP contribution is 2.44. The highest BCUT2D eigenvalue weighted by atomic mass is 35.5. The summed E-state index contributed by atoms with van der Waals surface area (Å²) in [6.45, 7) is 2.00. The van der Waals surface area contributed by atoms with E-state index in [-0.39, 0.29) is 40.9 Å². The third-order valence-corrected chi connectivity index (χ3v) is 6.34. The second kappa shape index (κ2) is 11.4. The number of benzene rings is 2. The molecule has 1 amide bonds. The monoisotopic (exact) mass is 536 g/mol. The lowest BCUT2D eigenvalue weighted by molar-refractivity contribution is -0.142. The number of ketones is 1. The standard InChI is InChI=1S/C28H25ClN2O7/c1-4-38-23(32)12-16-7-9-18(10-8-16)31-25(17-6-5-11-30-15-17)24(27(34)28(31)35)26(33)19-13-20(29)22(37-3)14-21(19)36-2/h5-11,13-15,25,33H,4,12H2,1-3H3/b26-24+. The molecule has 0 spiro atoms. The summed E-state index contributed by atoms with van der Waals surface area (Å²) in [4.78, 5) is 44.0. The third-order valence-electron chi connectivity index (χ3n) is 6.04. The van der Waals surface area contributed by atoms with Gasteiger partial charge in [-0.15, -0.1) is 0 Å². The number of aliphatic hydroxyl groups is 1. The van der Waals surface area contributed by atoms with Crippen LogP contribution in [-0.2, 0) is 25.5 Å². The maximum Gasteiger partial charge on any atom is 0.310 e. The van der Waals surface area contributed by atoms with Gasteiger partial charge in [0.25, 0.3) is 11.7 Å². The molecule has 3 aromatic rings. The number of esters is 1. The van der Waals surface area contributed by atoms with E-state index in [4.69, 9.17) is 25.8 Å². The number of ether oxygens (including phenoxy) is 3. The Kier molecular flexibility index (Phi) is 7.97. The van der Waals surface area contributed by atoms with Gasteiger partial charge >= 0.3 is 5.97 Å². The van der Waals surface area contributed by atoms with Crippen LogP contribution in [0.2, 0.25) is 5.02 Å². The second-order valence-electron chi connectivity index (χ2n) is 8.29. The number of hydrogen-bond donors (Lipinski definition) is 1. The van der Waals surface area contributed by atoms with Gasteiger partial charge in [-0.2, -0.15) is 0 Å². The third kappa shape index (κ3) is 5.05. The van der Waals surface area contributed by atoms with Gasteiger partial charge in [-0.1, -0.05) is 29.8 Å². The van der Waals surface area contributed by atoms with E-state index in [2.05, 4.69) is 4.98 Å². The first-order valence-electron chi connectivity index (χ1n) is 11.7. The van der Waals surface area contributed by atoms with Crippen LogP contribution < -0.4 is 14.4 Å². The van der Waals surface area contributed by atoms with Gasteiger partial charge in [0.15, 0.2) is 0 Å². The molecular weight excluding hydrogens is 512 g/mol. The number of Topliss-reactive ketones (excluding diaryl/α,β-unsaturated/α-hetero) is 1. The predicted octanol–water partition coefficient (Wildman–Crippen LogP) is 4.48. The Hall–Kier alpha value is -4.37. The molecule has 1 fully saturated rings. The van der Waals surface area contributed by atoms with Crippen LogP contribution in [0.25, 0.3) is 5.76 Å². The van der Waals surface area contributed by atoms with Crippen LogP contribution in [0.1, 0.15) is 29.7 Å². The van der Waals surface area contributed by atoms with Crippen LogP contribution in [0, 0.1) is 0 Å². The van der Waals surface area contributed by atoms with Crippen molar-refractivity contribution in [2.45, 2.75) is 19.4 Å². The molecule has 1 aliphatic heterocycles. The number of carbonyl (C=O) groups excluding carboxylic acids is 3. The number of pyridine rings is 1. The molecule has 10 heteroatoms. The highest BCUT2D eigenvalue weighted by Gasteiger charge is 2.47. The Labute approximate surface area is 224 Å². The van der Waals surface area contributed by atoms with Crippen molar-refractivity contribution in [3.05, 3.63) is 88.2 Å². The summed E-state index contributed by atoms with van der Waals surface area (Å²) < 4.78 is 15.6. The Bertz CT molecular complexity index is 1400. The Morgan fingerprint density at radius 2 is 1.79 bits per heavy atom. The molecule has 1 aliphatic rings. The first-order chi connectivity index (χ1) is 18.3. The van der Waals surface area contributed by atoms with Crippen LogP contribution in [-0.4, -0.2) is 48.6 Å². The van der Waals surface area contributed by atoms with Gasteiger partial charge in [0.2, 0.25) is 0 Å². The number of aliphatic hydroxyl groups excluding tert-OH is 1. The van der Waals surface area contributed by atoms with E-state index in [0.717, 1.165) is 0 Å².